The molecule has 0 spiro atoms. The lowest BCUT2D eigenvalue weighted by molar-refractivity contribution is -0.138. The first kappa shape index (κ1) is 44.2. The third-order valence-corrected chi connectivity index (χ3v) is 6.20. The van der Waals surface area contributed by atoms with Gasteiger partial charge < -0.3 is 34.6 Å². The van der Waals surface area contributed by atoms with E-state index in [1.54, 1.807) is 0 Å². The summed E-state index contributed by atoms with van der Waals surface area (Å²) in [5.41, 5.74) is 0. The van der Waals surface area contributed by atoms with Crippen molar-refractivity contribution in [3.8, 4) is 0 Å². The maximum Gasteiger partial charge on any atom is 0.303 e. The molecule has 0 bridgehead atoms. The lowest BCUT2D eigenvalue weighted by atomic mass is 10.1. The van der Waals surface area contributed by atoms with Gasteiger partial charge in [0.15, 0.2) is 0 Å². The van der Waals surface area contributed by atoms with Gasteiger partial charge in [0.25, 0.3) is 0 Å². The quantitative estimate of drug-likeness (QED) is 0.0646. The first-order valence-corrected chi connectivity index (χ1v) is 16.3. The standard InChI is InChI=1S/2C12H24O2.C8H18O5/c2*1-2-3-4-5-6-7-8-9-10-11-12(13)14;9-1-3-11-5-7-13-8-6-12-4-2-10/h2*2-11H2,1H3,(H,13,14);9-10H,1-8H2. The Bertz CT molecular complexity index is 448. The fourth-order valence-electron chi connectivity index (χ4n) is 3.84. The van der Waals surface area contributed by atoms with E-state index in [-0.39, 0.29) is 13.2 Å². The van der Waals surface area contributed by atoms with Gasteiger partial charge in [-0.3, -0.25) is 9.59 Å². The van der Waals surface area contributed by atoms with Crippen molar-refractivity contribution in [3.63, 3.8) is 0 Å². The molecule has 0 aromatic rings. The summed E-state index contributed by atoms with van der Waals surface area (Å²) in [5, 5.41) is 33.5. The highest BCUT2D eigenvalue weighted by Gasteiger charge is 1.97. The predicted octanol–water partition coefficient (Wildman–Crippen LogP) is 7.00. The monoisotopic (exact) mass is 594 g/mol. The van der Waals surface area contributed by atoms with Gasteiger partial charge >= 0.3 is 11.9 Å². The zero-order chi connectivity index (χ0) is 31.1. The molecule has 0 amide bonds. The van der Waals surface area contributed by atoms with Gasteiger partial charge in [0.2, 0.25) is 0 Å². The zero-order valence-electron chi connectivity index (χ0n) is 26.6. The van der Waals surface area contributed by atoms with Gasteiger partial charge in [-0.25, -0.2) is 0 Å². The average molecular weight is 595 g/mol. The van der Waals surface area contributed by atoms with E-state index in [1.807, 2.05) is 0 Å². The van der Waals surface area contributed by atoms with E-state index in [0.717, 1.165) is 25.7 Å². The second kappa shape index (κ2) is 43.2. The number of aliphatic hydroxyl groups is 2. The highest BCUT2D eigenvalue weighted by molar-refractivity contribution is 5.66. The molecule has 9 heteroatoms. The van der Waals surface area contributed by atoms with Gasteiger partial charge in [-0.05, 0) is 12.8 Å². The van der Waals surface area contributed by atoms with E-state index >= 15 is 0 Å². The first-order valence-electron chi connectivity index (χ1n) is 16.3. The van der Waals surface area contributed by atoms with Gasteiger partial charge in [-0.1, -0.05) is 117 Å². The fraction of sp³-hybridized carbons (Fsp3) is 0.938. The topological polar surface area (TPSA) is 143 Å². The average Bonchev–Trinajstić information content (AvgIpc) is 2.95. The van der Waals surface area contributed by atoms with Crippen LogP contribution in [-0.2, 0) is 23.8 Å². The molecule has 0 aliphatic rings. The Labute approximate surface area is 251 Å². The normalized spacial score (nSPS) is 10.4. The number of hydrogen-bond acceptors (Lipinski definition) is 7. The number of carboxylic acid groups (broad SMARTS) is 2. The smallest absolute Gasteiger partial charge is 0.303 e. The number of ether oxygens (including phenoxy) is 3. The Morgan fingerprint density at radius 1 is 0.415 bits per heavy atom. The molecule has 0 aromatic carbocycles. The van der Waals surface area contributed by atoms with Crippen LogP contribution in [0.5, 0.6) is 0 Å². The van der Waals surface area contributed by atoms with Gasteiger partial charge in [0, 0.05) is 12.8 Å². The van der Waals surface area contributed by atoms with Crippen molar-refractivity contribution in [2.24, 2.45) is 0 Å². The Balaban J connectivity index is -0.000000529. The van der Waals surface area contributed by atoms with Crippen LogP contribution in [0.3, 0.4) is 0 Å². The van der Waals surface area contributed by atoms with Crippen molar-refractivity contribution in [2.75, 3.05) is 52.9 Å². The summed E-state index contributed by atoms with van der Waals surface area (Å²) in [6.45, 7) is 7.22. The molecule has 0 radical (unpaired) electrons. The molecule has 9 nitrogen and oxygen atoms in total. The maximum atomic E-state index is 10.2. The molecule has 0 saturated carbocycles. The zero-order valence-corrected chi connectivity index (χ0v) is 26.6. The Hall–Kier alpha value is -1.26. The van der Waals surface area contributed by atoms with Crippen molar-refractivity contribution in [1.82, 2.24) is 0 Å². The third kappa shape index (κ3) is 55.3. The summed E-state index contributed by atoms with van der Waals surface area (Å²) in [6, 6.07) is 0. The lowest BCUT2D eigenvalue weighted by Crippen LogP contribution is -2.11. The molecule has 0 aromatic heterocycles. The largest absolute Gasteiger partial charge is 0.481 e. The fourth-order valence-corrected chi connectivity index (χ4v) is 3.84. The van der Waals surface area contributed by atoms with Crippen LogP contribution in [-0.4, -0.2) is 85.2 Å². The number of aliphatic carboxylic acids is 2. The molecule has 0 aliphatic heterocycles. The second-order valence-electron chi connectivity index (χ2n) is 10.2. The van der Waals surface area contributed by atoms with Gasteiger partial charge in [0.05, 0.1) is 52.9 Å². The van der Waals surface area contributed by atoms with E-state index in [9.17, 15) is 9.59 Å². The van der Waals surface area contributed by atoms with Crippen LogP contribution in [0, 0.1) is 0 Å². The van der Waals surface area contributed by atoms with Crippen LogP contribution >= 0.6 is 0 Å². The Kier molecular flexibility index (Phi) is 46.6. The summed E-state index contributed by atoms with van der Waals surface area (Å²) < 4.78 is 15.0. The number of unbranched alkanes of at least 4 members (excludes halogenated alkanes) is 16. The van der Waals surface area contributed by atoms with E-state index in [1.165, 1.54) is 89.9 Å². The third-order valence-electron chi connectivity index (χ3n) is 6.20. The minimum absolute atomic E-state index is 0.0413. The summed E-state index contributed by atoms with van der Waals surface area (Å²) >= 11 is 0. The highest BCUT2D eigenvalue weighted by Crippen LogP contribution is 2.11. The SMILES string of the molecule is CCCCCCCCCCCC(=O)O.CCCCCCCCCCCC(=O)O.OCCOCCOCCOCCO. The van der Waals surface area contributed by atoms with E-state index in [0.29, 0.717) is 52.5 Å². The number of carboxylic acids is 2. The molecule has 0 aliphatic carbocycles. The van der Waals surface area contributed by atoms with Crippen LogP contribution in [0.1, 0.15) is 142 Å². The molecule has 41 heavy (non-hydrogen) atoms. The Morgan fingerprint density at radius 2 is 0.659 bits per heavy atom. The predicted molar refractivity (Wildman–Crippen MR) is 166 cm³/mol. The molecule has 248 valence electrons. The molecular weight excluding hydrogens is 528 g/mol. The highest BCUT2D eigenvalue weighted by atomic mass is 16.5. The molecule has 0 rings (SSSR count). The summed E-state index contributed by atoms with van der Waals surface area (Å²) in [6.07, 6.45) is 23.0. The van der Waals surface area contributed by atoms with E-state index in [2.05, 4.69) is 13.8 Å². The minimum atomic E-state index is -0.659. The van der Waals surface area contributed by atoms with Gasteiger partial charge in [0.1, 0.15) is 0 Å². The molecule has 0 saturated heterocycles. The summed E-state index contributed by atoms with van der Waals surface area (Å²) in [7, 11) is 0. The van der Waals surface area contributed by atoms with Crippen molar-refractivity contribution < 1.29 is 44.2 Å². The van der Waals surface area contributed by atoms with Crippen molar-refractivity contribution in [2.45, 2.75) is 142 Å². The van der Waals surface area contributed by atoms with Crippen molar-refractivity contribution in [3.05, 3.63) is 0 Å². The number of hydrogen-bond donors (Lipinski definition) is 4. The molecule has 0 fully saturated rings. The van der Waals surface area contributed by atoms with Crippen LogP contribution in [0.15, 0.2) is 0 Å². The summed E-state index contributed by atoms with van der Waals surface area (Å²) in [4.78, 5) is 20.4. The van der Waals surface area contributed by atoms with Crippen LogP contribution in [0.4, 0.5) is 0 Å². The molecule has 0 unspecified atom stereocenters. The minimum Gasteiger partial charge on any atom is -0.481 e. The number of carbonyl (C=O) groups is 2. The maximum absolute atomic E-state index is 10.2. The number of rotatable bonds is 30. The molecule has 0 heterocycles. The Morgan fingerprint density at radius 3 is 0.902 bits per heavy atom. The van der Waals surface area contributed by atoms with E-state index < -0.39 is 11.9 Å². The molecular formula is C32H66O9. The van der Waals surface area contributed by atoms with Gasteiger partial charge in [-0.2, -0.15) is 0 Å². The summed E-state index contributed by atoms with van der Waals surface area (Å²) in [5.74, 6) is -1.32. The van der Waals surface area contributed by atoms with Crippen molar-refractivity contribution in [1.29, 1.82) is 0 Å². The number of aliphatic hydroxyl groups excluding tert-OH is 2. The second-order valence-corrected chi connectivity index (χ2v) is 10.2. The van der Waals surface area contributed by atoms with Crippen LogP contribution in [0.25, 0.3) is 0 Å². The molecule has 0 atom stereocenters. The van der Waals surface area contributed by atoms with Crippen molar-refractivity contribution >= 4 is 11.9 Å². The van der Waals surface area contributed by atoms with Gasteiger partial charge in [-0.15, -0.1) is 0 Å². The first-order chi connectivity index (χ1) is 20.0. The lowest BCUT2D eigenvalue weighted by Gasteiger charge is -2.04. The van der Waals surface area contributed by atoms with Crippen LogP contribution < -0.4 is 0 Å². The molecule has 4 N–H and O–H groups in total. The van der Waals surface area contributed by atoms with Crippen LogP contribution in [0.2, 0.25) is 0 Å². The van der Waals surface area contributed by atoms with E-state index in [4.69, 9.17) is 34.6 Å².